The predicted octanol–water partition coefficient (Wildman–Crippen LogP) is 6.26. The molecule has 1 aliphatic carbocycles. The fourth-order valence-corrected chi connectivity index (χ4v) is 4.11. The van der Waals surface area contributed by atoms with Crippen LogP contribution < -0.4 is 0 Å². The number of aromatic amines is 1. The van der Waals surface area contributed by atoms with E-state index in [1.807, 2.05) is 18.3 Å². The SMILES string of the molecule is C(=NC1CCCC1)c1nc2c(-c3ccccc3)ccc(-c3ccccc3)c2[nH]1. The number of rotatable bonds is 4. The van der Waals surface area contributed by atoms with E-state index in [-0.39, 0.29) is 0 Å². The number of H-pyrrole nitrogens is 1. The first-order valence-electron chi connectivity index (χ1n) is 10.1. The van der Waals surface area contributed by atoms with Gasteiger partial charge in [-0.1, -0.05) is 85.6 Å². The Morgan fingerprint density at radius 2 is 1.39 bits per heavy atom. The van der Waals surface area contributed by atoms with Crippen molar-refractivity contribution in [2.24, 2.45) is 4.99 Å². The molecule has 1 saturated carbocycles. The Morgan fingerprint density at radius 1 is 0.786 bits per heavy atom. The average molecular weight is 365 g/mol. The maximum absolute atomic E-state index is 4.93. The molecule has 1 aromatic heterocycles. The van der Waals surface area contributed by atoms with E-state index in [0.717, 1.165) is 22.4 Å². The third kappa shape index (κ3) is 3.24. The van der Waals surface area contributed by atoms with Gasteiger partial charge in [0.25, 0.3) is 0 Å². The van der Waals surface area contributed by atoms with Crippen LogP contribution in [0.1, 0.15) is 31.5 Å². The summed E-state index contributed by atoms with van der Waals surface area (Å²) in [4.78, 5) is 13.2. The van der Waals surface area contributed by atoms with Crippen LogP contribution in [0.2, 0.25) is 0 Å². The van der Waals surface area contributed by atoms with Gasteiger partial charge in [-0.25, -0.2) is 4.98 Å². The van der Waals surface area contributed by atoms with Crippen LogP contribution in [0.5, 0.6) is 0 Å². The zero-order chi connectivity index (χ0) is 18.8. The minimum absolute atomic E-state index is 0.454. The molecule has 3 nitrogen and oxygen atoms in total. The second-order valence-corrected chi connectivity index (χ2v) is 7.45. The maximum Gasteiger partial charge on any atom is 0.149 e. The van der Waals surface area contributed by atoms with Gasteiger partial charge in [-0.2, -0.15) is 0 Å². The fourth-order valence-electron chi connectivity index (χ4n) is 4.11. The molecule has 138 valence electrons. The molecule has 1 heterocycles. The number of imidazole rings is 1. The van der Waals surface area contributed by atoms with E-state index in [2.05, 4.69) is 65.6 Å². The molecule has 3 heteroatoms. The van der Waals surface area contributed by atoms with E-state index >= 15 is 0 Å². The molecule has 0 unspecified atom stereocenters. The first-order valence-corrected chi connectivity index (χ1v) is 10.1. The molecule has 0 bridgehead atoms. The Kier molecular flexibility index (Phi) is 4.50. The Balaban J connectivity index is 1.65. The van der Waals surface area contributed by atoms with Crippen LogP contribution in [0.4, 0.5) is 0 Å². The molecule has 5 rings (SSSR count). The minimum atomic E-state index is 0.454. The molecule has 1 aliphatic rings. The third-order valence-corrected chi connectivity index (χ3v) is 5.57. The molecule has 4 aromatic rings. The number of aromatic nitrogens is 2. The van der Waals surface area contributed by atoms with Gasteiger partial charge in [-0.05, 0) is 24.0 Å². The summed E-state index contributed by atoms with van der Waals surface area (Å²) in [6, 6.07) is 25.8. The lowest BCUT2D eigenvalue weighted by Crippen LogP contribution is -1.97. The number of aliphatic imine (C=N–C) groups is 1. The van der Waals surface area contributed by atoms with E-state index in [9.17, 15) is 0 Å². The molecule has 0 atom stereocenters. The summed E-state index contributed by atoms with van der Waals surface area (Å²) in [6.07, 6.45) is 6.90. The molecule has 0 spiro atoms. The summed E-state index contributed by atoms with van der Waals surface area (Å²) in [5, 5.41) is 0. The number of hydrogen-bond donors (Lipinski definition) is 1. The van der Waals surface area contributed by atoms with E-state index in [1.165, 1.54) is 42.4 Å². The Bertz CT molecular complexity index is 1030. The maximum atomic E-state index is 4.93. The van der Waals surface area contributed by atoms with Crippen molar-refractivity contribution in [3.8, 4) is 22.3 Å². The first kappa shape index (κ1) is 16.9. The van der Waals surface area contributed by atoms with Crippen molar-refractivity contribution in [3.63, 3.8) is 0 Å². The molecule has 0 amide bonds. The van der Waals surface area contributed by atoms with Gasteiger partial charge in [-0.15, -0.1) is 0 Å². The number of benzene rings is 3. The van der Waals surface area contributed by atoms with E-state index in [4.69, 9.17) is 9.98 Å². The van der Waals surface area contributed by atoms with Gasteiger partial charge in [0.05, 0.1) is 23.3 Å². The minimum Gasteiger partial charge on any atom is -0.337 e. The van der Waals surface area contributed by atoms with Gasteiger partial charge in [0, 0.05) is 11.1 Å². The van der Waals surface area contributed by atoms with Crippen molar-refractivity contribution < 1.29 is 0 Å². The lowest BCUT2D eigenvalue weighted by atomic mass is 9.98. The monoisotopic (exact) mass is 365 g/mol. The largest absolute Gasteiger partial charge is 0.337 e. The van der Waals surface area contributed by atoms with Crippen molar-refractivity contribution in [2.75, 3.05) is 0 Å². The van der Waals surface area contributed by atoms with Gasteiger partial charge in [0.2, 0.25) is 0 Å². The van der Waals surface area contributed by atoms with Gasteiger partial charge in [-0.3, -0.25) is 4.99 Å². The molecule has 1 N–H and O–H groups in total. The topological polar surface area (TPSA) is 41.0 Å². The molecule has 0 saturated heterocycles. The van der Waals surface area contributed by atoms with Crippen LogP contribution in [0.15, 0.2) is 77.8 Å². The van der Waals surface area contributed by atoms with Crippen LogP contribution in [0, 0.1) is 0 Å². The highest BCUT2D eigenvalue weighted by Gasteiger charge is 2.15. The number of fused-ring (bicyclic) bond motifs is 1. The van der Waals surface area contributed by atoms with Crippen LogP contribution >= 0.6 is 0 Å². The van der Waals surface area contributed by atoms with Gasteiger partial charge < -0.3 is 4.98 Å². The zero-order valence-corrected chi connectivity index (χ0v) is 15.8. The van der Waals surface area contributed by atoms with Crippen LogP contribution in [0.3, 0.4) is 0 Å². The Labute approximate surface area is 165 Å². The van der Waals surface area contributed by atoms with Crippen molar-refractivity contribution in [3.05, 3.63) is 78.6 Å². The normalized spacial score (nSPS) is 15.0. The molecular formula is C25H23N3. The molecule has 0 radical (unpaired) electrons. The van der Waals surface area contributed by atoms with Crippen molar-refractivity contribution in [1.82, 2.24) is 9.97 Å². The summed E-state index contributed by atoms with van der Waals surface area (Å²) in [5.41, 5.74) is 6.75. The van der Waals surface area contributed by atoms with Crippen molar-refractivity contribution in [1.29, 1.82) is 0 Å². The molecular weight excluding hydrogens is 342 g/mol. The fraction of sp³-hybridized carbons (Fsp3) is 0.200. The summed E-state index contributed by atoms with van der Waals surface area (Å²) in [5.74, 6) is 0.836. The van der Waals surface area contributed by atoms with E-state index in [1.54, 1.807) is 0 Å². The number of hydrogen-bond acceptors (Lipinski definition) is 2. The van der Waals surface area contributed by atoms with E-state index in [0.29, 0.717) is 6.04 Å². The summed E-state index contributed by atoms with van der Waals surface area (Å²) in [7, 11) is 0. The highest BCUT2D eigenvalue weighted by molar-refractivity contribution is 6.02. The summed E-state index contributed by atoms with van der Waals surface area (Å²) < 4.78 is 0. The Hall–Kier alpha value is -3.20. The second kappa shape index (κ2) is 7.43. The quantitative estimate of drug-likeness (QED) is 0.426. The highest BCUT2D eigenvalue weighted by Crippen LogP contribution is 2.34. The smallest absolute Gasteiger partial charge is 0.149 e. The third-order valence-electron chi connectivity index (χ3n) is 5.57. The molecule has 1 fully saturated rings. The van der Waals surface area contributed by atoms with Crippen LogP contribution in [-0.4, -0.2) is 22.2 Å². The second-order valence-electron chi connectivity index (χ2n) is 7.45. The van der Waals surface area contributed by atoms with Crippen LogP contribution in [0.25, 0.3) is 33.3 Å². The Morgan fingerprint density at radius 3 is 2.07 bits per heavy atom. The van der Waals surface area contributed by atoms with Gasteiger partial charge >= 0.3 is 0 Å². The molecule has 0 aliphatic heterocycles. The van der Waals surface area contributed by atoms with E-state index < -0.39 is 0 Å². The van der Waals surface area contributed by atoms with Crippen LogP contribution in [-0.2, 0) is 0 Å². The lowest BCUT2D eigenvalue weighted by Gasteiger charge is -2.07. The zero-order valence-electron chi connectivity index (χ0n) is 15.8. The number of nitrogens with zero attached hydrogens (tertiary/aromatic N) is 2. The van der Waals surface area contributed by atoms with Crippen molar-refractivity contribution in [2.45, 2.75) is 31.7 Å². The van der Waals surface area contributed by atoms with Gasteiger partial charge in [0.15, 0.2) is 0 Å². The van der Waals surface area contributed by atoms with Crippen molar-refractivity contribution >= 4 is 17.2 Å². The average Bonchev–Trinajstić information content (AvgIpc) is 3.42. The molecule has 3 aromatic carbocycles. The first-order chi connectivity index (χ1) is 13.9. The number of nitrogens with one attached hydrogen (secondary N) is 1. The highest BCUT2D eigenvalue weighted by atomic mass is 14.9. The summed E-state index contributed by atoms with van der Waals surface area (Å²) >= 11 is 0. The lowest BCUT2D eigenvalue weighted by molar-refractivity contribution is 0.709. The van der Waals surface area contributed by atoms with Gasteiger partial charge in [0.1, 0.15) is 5.82 Å². The molecule has 28 heavy (non-hydrogen) atoms. The predicted molar refractivity (Wildman–Crippen MR) is 117 cm³/mol. The standard InChI is InChI=1S/C25H23N3/c1-3-9-18(10-4-1)21-15-16-22(19-11-5-2-6-12-19)25-24(21)27-23(28-25)17-26-20-13-7-8-14-20/h1-6,9-12,15-17,20H,7-8,13-14H2,(H,27,28). The summed E-state index contributed by atoms with van der Waals surface area (Å²) in [6.45, 7) is 0.